The van der Waals surface area contributed by atoms with Gasteiger partial charge in [0.15, 0.2) is 0 Å². The predicted octanol–water partition coefficient (Wildman–Crippen LogP) is 3.40. The average Bonchev–Trinajstić information content (AvgIpc) is 2.46. The first-order valence-corrected chi connectivity index (χ1v) is 8.46. The van der Waals surface area contributed by atoms with Crippen molar-refractivity contribution >= 4 is 12.1 Å². The zero-order valence-electron chi connectivity index (χ0n) is 15.0. The Morgan fingerprint density at radius 3 is 2.50 bits per heavy atom. The number of nitrogens with zero attached hydrogens (tertiary/aromatic N) is 1. The van der Waals surface area contributed by atoms with Crippen LogP contribution in [-0.2, 0) is 9.53 Å². The minimum atomic E-state index is -0.960. The van der Waals surface area contributed by atoms with Crippen molar-refractivity contribution in [3.63, 3.8) is 0 Å². The Morgan fingerprint density at radius 2 is 2.00 bits per heavy atom. The highest BCUT2D eigenvalue weighted by atomic mass is 16.5. The molecule has 0 saturated carbocycles. The summed E-state index contributed by atoms with van der Waals surface area (Å²) >= 11 is 0. The van der Waals surface area contributed by atoms with Crippen LogP contribution in [0.5, 0.6) is 0 Å². The molecule has 0 saturated heterocycles. The molecule has 0 fully saturated rings. The second kappa shape index (κ2) is 6.24. The number of hydrogen-bond acceptors (Lipinski definition) is 3. The number of ether oxygens (including phenoxy) is 1. The third-order valence-electron chi connectivity index (χ3n) is 5.55. The van der Waals surface area contributed by atoms with Crippen molar-refractivity contribution in [2.75, 3.05) is 19.7 Å². The molecule has 0 spiro atoms. The molecule has 24 heavy (non-hydrogen) atoms. The average molecular weight is 338 g/mol. The lowest BCUT2D eigenvalue weighted by Crippen LogP contribution is -2.65. The quantitative estimate of drug-likeness (QED) is 0.754. The van der Waals surface area contributed by atoms with E-state index in [4.69, 9.17) is 4.74 Å². The Morgan fingerprint density at radius 1 is 1.33 bits per heavy atom. The van der Waals surface area contributed by atoms with Gasteiger partial charge in [0.05, 0.1) is 18.6 Å². The molecule has 2 atom stereocenters. The lowest BCUT2D eigenvalue weighted by molar-refractivity contribution is -0.899. The number of aliphatic carboxylic acids is 1. The maximum Gasteiger partial charge on any atom is 0.514 e. The molecular formula is C18H28NO5+. The van der Waals surface area contributed by atoms with Crippen molar-refractivity contribution in [1.82, 2.24) is 0 Å². The van der Waals surface area contributed by atoms with Crippen molar-refractivity contribution in [3.05, 3.63) is 23.5 Å². The number of carboxylic acids is 1. The molecule has 2 N–H and O–H groups in total. The molecule has 2 unspecified atom stereocenters. The molecule has 134 valence electrons. The van der Waals surface area contributed by atoms with E-state index in [0.717, 1.165) is 5.57 Å². The second-order valence-corrected chi connectivity index (χ2v) is 7.78. The highest BCUT2D eigenvalue weighted by molar-refractivity contribution is 5.78. The first-order valence-electron chi connectivity index (χ1n) is 8.46. The Hall–Kier alpha value is -1.82. The van der Waals surface area contributed by atoms with Crippen LogP contribution in [0.1, 0.15) is 47.0 Å². The molecule has 6 nitrogen and oxygen atoms in total. The van der Waals surface area contributed by atoms with E-state index >= 15 is 0 Å². The van der Waals surface area contributed by atoms with Crippen LogP contribution in [0.25, 0.3) is 0 Å². The third-order valence-corrected chi connectivity index (χ3v) is 5.55. The van der Waals surface area contributed by atoms with Crippen molar-refractivity contribution < 1.29 is 29.0 Å². The molecule has 2 aliphatic rings. The van der Waals surface area contributed by atoms with E-state index in [-0.39, 0.29) is 10.9 Å². The van der Waals surface area contributed by atoms with Gasteiger partial charge in [-0.15, -0.1) is 0 Å². The number of quaternary nitrogens is 1. The summed E-state index contributed by atoms with van der Waals surface area (Å²) in [5.74, 6) is -0.234. The van der Waals surface area contributed by atoms with Crippen LogP contribution in [0.15, 0.2) is 23.5 Å². The molecule has 2 rings (SSSR count). The maximum atomic E-state index is 12.1. The van der Waals surface area contributed by atoms with Gasteiger partial charge in [-0.25, -0.2) is 4.48 Å². The summed E-state index contributed by atoms with van der Waals surface area (Å²) in [4.78, 5) is 23.8. The van der Waals surface area contributed by atoms with Crippen LogP contribution in [0.2, 0.25) is 0 Å². The molecule has 0 aromatic heterocycles. The van der Waals surface area contributed by atoms with Crippen LogP contribution >= 0.6 is 0 Å². The van der Waals surface area contributed by atoms with Gasteiger partial charge in [-0.3, -0.25) is 4.79 Å². The summed E-state index contributed by atoms with van der Waals surface area (Å²) in [6.07, 6.45) is 4.00. The predicted molar refractivity (Wildman–Crippen MR) is 89.5 cm³/mol. The van der Waals surface area contributed by atoms with Crippen LogP contribution in [0, 0.1) is 5.41 Å². The molecule has 0 bridgehead atoms. The van der Waals surface area contributed by atoms with Gasteiger partial charge in [-0.2, -0.15) is 4.79 Å². The zero-order valence-corrected chi connectivity index (χ0v) is 15.0. The molecule has 1 heterocycles. The maximum absolute atomic E-state index is 12.1. The first-order chi connectivity index (χ1) is 11.1. The Bertz CT molecular complexity index is 601. The second-order valence-electron chi connectivity index (χ2n) is 7.78. The van der Waals surface area contributed by atoms with E-state index in [1.807, 2.05) is 27.7 Å². The summed E-state index contributed by atoms with van der Waals surface area (Å²) in [5, 5.41) is 19.6. The van der Waals surface area contributed by atoms with Crippen LogP contribution in [0.4, 0.5) is 4.79 Å². The van der Waals surface area contributed by atoms with Crippen molar-refractivity contribution in [2.45, 2.75) is 52.5 Å². The van der Waals surface area contributed by atoms with Gasteiger partial charge in [0, 0.05) is 18.4 Å². The summed E-state index contributed by atoms with van der Waals surface area (Å²) < 4.78 is 5.76. The van der Waals surface area contributed by atoms with Gasteiger partial charge in [0.25, 0.3) is 0 Å². The fraction of sp³-hybridized carbons (Fsp3) is 0.667. The molecular weight excluding hydrogens is 310 g/mol. The summed E-state index contributed by atoms with van der Waals surface area (Å²) in [7, 11) is 0. The fourth-order valence-electron chi connectivity index (χ4n) is 3.56. The van der Waals surface area contributed by atoms with E-state index in [1.165, 1.54) is 0 Å². The Balaban J connectivity index is 2.46. The van der Waals surface area contributed by atoms with Gasteiger partial charge in [-0.05, 0) is 27.2 Å². The number of carbonyl (C=O) groups is 2. The van der Waals surface area contributed by atoms with Gasteiger partial charge in [0.1, 0.15) is 17.8 Å². The van der Waals surface area contributed by atoms with Crippen LogP contribution in [0.3, 0.4) is 0 Å². The SMILES string of the molecule is CCC1(C(=O)O)C=CC2=C(C1)OCCC[N+](C(=O)O)(C(C)(C)C)C2. The lowest BCUT2D eigenvalue weighted by Gasteiger charge is -2.45. The zero-order chi connectivity index (χ0) is 18.2. The Kier molecular flexibility index (Phi) is 4.81. The molecule has 1 aliphatic carbocycles. The number of allylic oxidation sites excluding steroid dienone is 1. The monoisotopic (exact) mass is 338 g/mol. The molecule has 1 aliphatic heterocycles. The van der Waals surface area contributed by atoms with Crippen molar-refractivity contribution in [3.8, 4) is 0 Å². The lowest BCUT2D eigenvalue weighted by atomic mass is 9.76. The number of carboxylic acid groups (broad SMARTS) is 2. The van der Waals surface area contributed by atoms with E-state index < -0.39 is 23.0 Å². The summed E-state index contributed by atoms with van der Waals surface area (Å²) in [6.45, 7) is 8.86. The minimum Gasteiger partial charge on any atom is -0.497 e. The Labute approximate surface area is 143 Å². The normalized spacial score (nSPS) is 30.8. The molecule has 0 aromatic carbocycles. The summed E-state index contributed by atoms with van der Waals surface area (Å²) in [5.41, 5.74) is -0.628. The molecule has 1 amide bonds. The van der Waals surface area contributed by atoms with E-state index in [0.29, 0.717) is 38.3 Å². The first kappa shape index (κ1) is 18.5. The third kappa shape index (κ3) is 2.95. The molecule has 0 aromatic rings. The van der Waals surface area contributed by atoms with Gasteiger partial charge in [0.2, 0.25) is 0 Å². The van der Waals surface area contributed by atoms with Crippen LogP contribution < -0.4 is 0 Å². The van der Waals surface area contributed by atoms with Gasteiger partial charge < -0.3 is 14.9 Å². The van der Waals surface area contributed by atoms with E-state index in [2.05, 4.69) is 0 Å². The highest BCUT2D eigenvalue weighted by Crippen LogP contribution is 2.40. The van der Waals surface area contributed by atoms with Gasteiger partial charge >= 0.3 is 12.1 Å². The summed E-state index contributed by atoms with van der Waals surface area (Å²) in [6, 6.07) is 0. The fourth-order valence-corrected chi connectivity index (χ4v) is 3.56. The molecule has 6 heteroatoms. The topological polar surface area (TPSA) is 83.8 Å². The smallest absolute Gasteiger partial charge is 0.497 e. The molecule has 0 radical (unpaired) electrons. The number of amides is 1. The highest BCUT2D eigenvalue weighted by Gasteiger charge is 2.50. The largest absolute Gasteiger partial charge is 0.514 e. The van der Waals surface area contributed by atoms with E-state index in [1.54, 1.807) is 12.2 Å². The van der Waals surface area contributed by atoms with Gasteiger partial charge in [-0.1, -0.05) is 19.1 Å². The number of hydrogen-bond donors (Lipinski definition) is 2. The number of rotatable bonds is 2. The standard InChI is InChI=1S/C18H27NO5/c1-5-18(15(20)21)8-7-13-12-19(16(22)23,17(2,3)4)9-6-10-24-14(13)11-18/h7-8H,5-6,9-12H2,1-4H3,(H-,20,21,22,23)/p+1. The van der Waals surface area contributed by atoms with E-state index in [9.17, 15) is 19.8 Å². The minimum absolute atomic E-state index is 0.0776. The van der Waals surface area contributed by atoms with Crippen molar-refractivity contribution in [1.29, 1.82) is 0 Å². The van der Waals surface area contributed by atoms with Crippen LogP contribution in [-0.4, -0.2) is 52.0 Å². The van der Waals surface area contributed by atoms with Crippen molar-refractivity contribution in [2.24, 2.45) is 5.41 Å².